The minimum atomic E-state index is -0.546. The Bertz CT molecular complexity index is 526. The Kier molecular flexibility index (Phi) is 4.95. The van der Waals surface area contributed by atoms with Crippen LogP contribution in [0.1, 0.15) is 25.5 Å². The largest absolute Gasteiger partial charge is 0.385 e. The molecule has 1 aliphatic rings. The molecular formula is C14H22N4O3. The van der Waals surface area contributed by atoms with E-state index in [4.69, 9.17) is 4.74 Å². The number of ether oxygens (including phenoxy) is 1. The summed E-state index contributed by atoms with van der Waals surface area (Å²) in [6.07, 6.45) is 1.12. The molecule has 1 aromatic rings. The zero-order chi connectivity index (χ0) is 15.4. The monoisotopic (exact) mass is 294 g/mol. The van der Waals surface area contributed by atoms with Crippen molar-refractivity contribution >= 4 is 17.6 Å². The van der Waals surface area contributed by atoms with Crippen LogP contribution in [0, 0.1) is 6.92 Å². The van der Waals surface area contributed by atoms with Gasteiger partial charge in [-0.1, -0.05) is 0 Å². The van der Waals surface area contributed by atoms with Crippen molar-refractivity contribution in [1.29, 1.82) is 0 Å². The third kappa shape index (κ3) is 3.41. The standard InChI is InChI=1S/C14H22N4O3/c1-10-9-12-17(16-10)7-5-13(19)18(12)11(2)14(20)15-6-4-8-21-3/h9,11H,4-8H2,1-3H3,(H,15,20)/t11-/m0/s1. The maximum Gasteiger partial charge on any atom is 0.242 e. The van der Waals surface area contributed by atoms with Crippen LogP contribution in [-0.2, 0) is 20.9 Å². The molecular weight excluding hydrogens is 272 g/mol. The van der Waals surface area contributed by atoms with E-state index in [0.717, 1.165) is 12.1 Å². The number of nitrogens with one attached hydrogen (secondary N) is 1. The van der Waals surface area contributed by atoms with Gasteiger partial charge in [0.2, 0.25) is 11.8 Å². The van der Waals surface area contributed by atoms with Crippen LogP contribution in [0.5, 0.6) is 0 Å². The van der Waals surface area contributed by atoms with Gasteiger partial charge in [0.1, 0.15) is 11.9 Å². The van der Waals surface area contributed by atoms with Crippen LogP contribution in [0.2, 0.25) is 0 Å². The summed E-state index contributed by atoms with van der Waals surface area (Å²) in [5.74, 6) is 0.497. The molecule has 116 valence electrons. The fraction of sp³-hybridized carbons (Fsp3) is 0.643. The van der Waals surface area contributed by atoms with E-state index in [2.05, 4.69) is 10.4 Å². The Hall–Kier alpha value is -1.89. The van der Waals surface area contributed by atoms with E-state index in [9.17, 15) is 9.59 Å². The smallest absolute Gasteiger partial charge is 0.242 e. The molecule has 0 spiro atoms. The molecule has 0 fully saturated rings. The van der Waals surface area contributed by atoms with Gasteiger partial charge in [-0.05, 0) is 20.3 Å². The van der Waals surface area contributed by atoms with Crippen LogP contribution in [-0.4, -0.2) is 47.9 Å². The minimum Gasteiger partial charge on any atom is -0.385 e. The van der Waals surface area contributed by atoms with Gasteiger partial charge < -0.3 is 10.1 Å². The van der Waals surface area contributed by atoms with Crippen molar-refractivity contribution in [3.05, 3.63) is 11.8 Å². The number of amides is 2. The molecule has 1 aromatic heterocycles. The lowest BCUT2D eigenvalue weighted by Gasteiger charge is -2.31. The van der Waals surface area contributed by atoms with Gasteiger partial charge >= 0.3 is 0 Å². The number of fused-ring (bicyclic) bond motifs is 1. The number of rotatable bonds is 6. The normalized spacial score (nSPS) is 15.8. The number of carbonyl (C=O) groups excluding carboxylic acids is 2. The van der Waals surface area contributed by atoms with Crippen LogP contribution in [0.3, 0.4) is 0 Å². The Labute approximate surface area is 124 Å². The fourth-order valence-electron chi connectivity index (χ4n) is 2.45. The summed E-state index contributed by atoms with van der Waals surface area (Å²) in [6.45, 7) is 5.33. The second-order valence-electron chi connectivity index (χ2n) is 5.19. The van der Waals surface area contributed by atoms with Gasteiger partial charge in [-0.25, -0.2) is 4.68 Å². The minimum absolute atomic E-state index is 0.0399. The number of aromatic nitrogens is 2. The molecule has 2 rings (SSSR count). The van der Waals surface area contributed by atoms with Gasteiger partial charge in [0.05, 0.1) is 12.2 Å². The van der Waals surface area contributed by atoms with Gasteiger partial charge in [0.25, 0.3) is 0 Å². The lowest BCUT2D eigenvalue weighted by Crippen LogP contribution is -2.51. The van der Waals surface area contributed by atoms with Gasteiger partial charge in [-0.2, -0.15) is 5.10 Å². The van der Waals surface area contributed by atoms with Crippen LogP contribution < -0.4 is 10.2 Å². The highest BCUT2D eigenvalue weighted by atomic mass is 16.5. The fourth-order valence-corrected chi connectivity index (χ4v) is 2.45. The van der Waals surface area contributed by atoms with Crippen molar-refractivity contribution in [2.75, 3.05) is 25.2 Å². The molecule has 0 aromatic carbocycles. The molecule has 0 bridgehead atoms. The van der Waals surface area contributed by atoms with Crippen molar-refractivity contribution in [3.8, 4) is 0 Å². The quantitative estimate of drug-likeness (QED) is 0.774. The van der Waals surface area contributed by atoms with Gasteiger partial charge in [-0.15, -0.1) is 0 Å². The summed E-state index contributed by atoms with van der Waals surface area (Å²) in [4.78, 5) is 25.9. The van der Waals surface area contributed by atoms with Crippen molar-refractivity contribution in [2.45, 2.75) is 39.3 Å². The summed E-state index contributed by atoms with van der Waals surface area (Å²) in [6, 6.07) is 1.29. The average molecular weight is 294 g/mol. The number of carbonyl (C=O) groups is 2. The number of nitrogens with zero attached hydrogens (tertiary/aromatic N) is 3. The second kappa shape index (κ2) is 6.71. The number of hydrogen-bond acceptors (Lipinski definition) is 4. The lowest BCUT2D eigenvalue weighted by atomic mass is 10.2. The maximum atomic E-state index is 12.2. The summed E-state index contributed by atoms with van der Waals surface area (Å²) in [7, 11) is 1.63. The molecule has 1 N–H and O–H groups in total. The van der Waals surface area contributed by atoms with Gasteiger partial charge in [-0.3, -0.25) is 14.5 Å². The third-order valence-corrected chi connectivity index (χ3v) is 3.53. The molecule has 2 heterocycles. The number of methoxy groups -OCH3 is 1. The number of hydrogen-bond donors (Lipinski definition) is 1. The summed E-state index contributed by atoms with van der Waals surface area (Å²) in [5.41, 5.74) is 0.845. The molecule has 0 aliphatic carbocycles. The first-order chi connectivity index (χ1) is 10.0. The molecule has 7 nitrogen and oxygen atoms in total. The maximum absolute atomic E-state index is 12.2. The highest BCUT2D eigenvalue weighted by Crippen LogP contribution is 2.24. The van der Waals surface area contributed by atoms with Gasteiger partial charge in [0.15, 0.2) is 0 Å². The molecule has 2 amide bonds. The summed E-state index contributed by atoms with van der Waals surface area (Å²) < 4.78 is 6.72. The molecule has 1 aliphatic heterocycles. The first-order valence-electron chi connectivity index (χ1n) is 7.17. The predicted octanol–water partition coefficient (Wildman–Crippen LogP) is 0.469. The van der Waals surface area contributed by atoms with Crippen LogP contribution >= 0.6 is 0 Å². The molecule has 0 saturated carbocycles. The van der Waals surface area contributed by atoms with Crippen molar-refractivity contribution in [1.82, 2.24) is 15.1 Å². The van der Waals surface area contributed by atoms with E-state index in [1.165, 1.54) is 4.90 Å². The van der Waals surface area contributed by atoms with E-state index in [-0.39, 0.29) is 11.8 Å². The zero-order valence-corrected chi connectivity index (χ0v) is 12.8. The van der Waals surface area contributed by atoms with Gasteiger partial charge in [0, 0.05) is 32.7 Å². The first-order valence-corrected chi connectivity index (χ1v) is 7.17. The summed E-state index contributed by atoms with van der Waals surface area (Å²) >= 11 is 0. The van der Waals surface area contributed by atoms with E-state index in [0.29, 0.717) is 31.9 Å². The topological polar surface area (TPSA) is 76.5 Å². The van der Waals surface area contributed by atoms with E-state index < -0.39 is 6.04 Å². The van der Waals surface area contributed by atoms with E-state index in [1.54, 1.807) is 18.7 Å². The SMILES string of the molecule is COCCCNC(=O)[C@H](C)N1C(=O)CCn2nc(C)cc21. The Morgan fingerprint density at radius 2 is 2.33 bits per heavy atom. The predicted molar refractivity (Wildman–Crippen MR) is 78.0 cm³/mol. The highest BCUT2D eigenvalue weighted by Gasteiger charge is 2.32. The first kappa shape index (κ1) is 15.5. The molecule has 0 radical (unpaired) electrons. The molecule has 21 heavy (non-hydrogen) atoms. The lowest BCUT2D eigenvalue weighted by molar-refractivity contribution is -0.126. The Morgan fingerprint density at radius 1 is 1.57 bits per heavy atom. The number of aryl methyl sites for hydroxylation is 2. The van der Waals surface area contributed by atoms with Crippen LogP contribution in [0.25, 0.3) is 0 Å². The Morgan fingerprint density at radius 3 is 3.05 bits per heavy atom. The van der Waals surface area contributed by atoms with E-state index in [1.807, 2.05) is 13.0 Å². The average Bonchev–Trinajstić information content (AvgIpc) is 2.83. The van der Waals surface area contributed by atoms with Crippen LogP contribution in [0.15, 0.2) is 6.07 Å². The van der Waals surface area contributed by atoms with E-state index >= 15 is 0 Å². The molecule has 0 saturated heterocycles. The van der Waals surface area contributed by atoms with Crippen molar-refractivity contribution in [2.24, 2.45) is 0 Å². The third-order valence-electron chi connectivity index (χ3n) is 3.53. The number of anilines is 1. The summed E-state index contributed by atoms with van der Waals surface area (Å²) in [5, 5.41) is 7.17. The van der Waals surface area contributed by atoms with Crippen molar-refractivity contribution in [3.63, 3.8) is 0 Å². The second-order valence-corrected chi connectivity index (χ2v) is 5.19. The molecule has 7 heteroatoms. The highest BCUT2D eigenvalue weighted by molar-refractivity contribution is 6.00. The van der Waals surface area contributed by atoms with Crippen molar-refractivity contribution < 1.29 is 14.3 Å². The molecule has 0 unspecified atom stereocenters. The Balaban J connectivity index is 2.05. The molecule has 1 atom stereocenters. The zero-order valence-electron chi connectivity index (χ0n) is 12.8. The van der Waals surface area contributed by atoms with Crippen LogP contribution in [0.4, 0.5) is 5.82 Å².